The molecule has 1 fully saturated rings. The Morgan fingerprint density at radius 3 is 2.21 bits per heavy atom. The van der Waals surface area contributed by atoms with Crippen molar-refractivity contribution in [3.8, 4) is 0 Å². The number of nitrogens with one attached hydrogen (secondary N) is 1. The van der Waals surface area contributed by atoms with Crippen LogP contribution in [0.2, 0.25) is 0 Å². The van der Waals surface area contributed by atoms with E-state index in [1.165, 1.54) is 0 Å². The summed E-state index contributed by atoms with van der Waals surface area (Å²) in [5, 5.41) is 2.12. The third-order valence-electron chi connectivity index (χ3n) is 2.42. The summed E-state index contributed by atoms with van der Waals surface area (Å²) in [6, 6.07) is -0.789. The number of urea groups is 1. The fraction of sp³-hybridized carbons (Fsp3) is 0.667. The van der Waals surface area contributed by atoms with E-state index < -0.39 is 17.8 Å². The second-order valence-corrected chi connectivity index (χ2v) is 3.78. The van der Waals surface area contributed by atoms with E-state index in [0.29, 0.717) is 0 Å². The van der Waals surface area contributed by atoms with Crippen molar-refractivity contribution < 1.29 is 14.4 Å². The lowest BCUT2D eigenvalue weighted by atomic mass is 10.0. The number of amides is 4. The highest BCUT2D eigenvalue weighted by atomic mass is 16.2. The predicted octanol–water partition coefficient (Wildman–Crippen LogP) is 0.499. The van der Waals surface area contributed by atoms with E-state index in [1.54, 1.807) is 6.92 Å². The van der Waals surface area contributed by atoms with Crippen molar-refractivity contribution in [1.82, 2.24) is 10.2 Å². The van der Waals surface area contributed by atoms with E-state index in [4.69, 9.17) is 0 Å². The first kappa shape index (κ1) is 10.7. The topological polar surface area (TPSA) is 66.5 Å². The molecule has 1 unspecified atom stereocenters. The van der Waals surface area contributed by atoms with Crippen molar-refractivity contribution in [3.63, 3.8) is 0 Å². The van der Waals surface area contributed by atoms with Crippen LogP contribution >= 0.6 is 0 Å². The van der Waals surface area contributed by atoms with Gasteiger partial charge in [0.1, 0.15) is 6.42 Å². The number of hydrogen-bond donors (Lipinski definition) is 1. The summed E-state index contributed by atoms with van der Waals surface area (Å²) in [6.07, 6.45) is -0.233. The van der Waals surface area contributed by atoms with Gasteiger partial charge < -0.3 is 0 Å². The molecule has 0 aliphatic carbocycles. The van der Waals surface area contributed by atoms with Gasteiger partial charge in [0.25, 0.3) is 0 Å². The highest BCUT2D eigenvalue weighted by Crippen LogP contribution is 2.14. The van der Waals surface area contributed by atoms with E-state index >= 15 is 0 Å². The number of rotatable bonds is 2. The van der Waals surface area contributed by atoms with Crippen LogP contribution in [-0.4, -0.2) is 28.8 Å². The fourth-order valence-corrected chi connectivity index (χ4v) is 1.27. The second kappa shape index (κ2) is 3.77. The van der Waals surface area contributed by atoms with Gasteiger partial charge in [-0.3, -0.25) is 19.8 Å². The summed E-state index contributed by atoms with van der Waals surface area (Å²) < 4.78 is 0. The molecule has 0 bridgehead atoms. The lowest BCUT2D eigenvalue weighted by Crippen LogP contribution is -2.56. The van der Waals surface area contributed by atoms with Crippen LogP contribution in [0.1, 0.15) is 27.2 Å². The van der Waals surface area contributed by atoms with Gasteiger partial charge in [-0.25, -0.2) is 4.79 Å². The van der Waals surface area contributed by atoms with Crippen molar-refractivity contribution in [2.45, 2.75) is 33.2 Å². The third kappa shape index (κ3) is 1.92. The Kier molecular flexibility index (Phi) is 2.88. The maximum atomic E-state index is 11.4. The lowest BCUT2D eigenvalue weighted by molar-refractivity contribution is -0.138. The molecule has 1 atom stereocenters. The molecule has 0 spiro atoms. The maximum absolute atomic E-state index is 11.4. The van der Waals surface area contributed by atoms with Gasteiger partial charge in [-0.05, 0) is 12.8 Å². The van der Waals surface area contributed by atoms with Crippen molar-refractivity contribution >= 4 is 17.8 Å². The molecule has 14 heavy (non-hydrogen) atoms. The van der Waals surface area contributed by atoms with E-state index in [9.17, 15) is 14.4 Å². The number of nitrogens with zero attached hydrogens (tertiary/aromatic N) is 1. The van der Waals surface area contributed by atoms with Gasteiger partial charge in [-0.2, -0.15) is 0 Å². The molecular weight excluding hydrogens is 184 g/mol. The van der Waals surface area contributed by atoms with Gasteiger partial charge in [-0.1, -0.05) is 13.8 Å². The zero-order valence-electron chi connectivity index (χ0n) is 8.53. The zero-order chi connectivity index (χ0) is 10.9. The minimum absolute atomic E-state index is 0.179. The van der Waals surface area contributed by atoms with Crippen molar-refractivity contribution in [1.29, 1.82) is 0 Å². The van der Waals surface area contributed by atoms with E-state index in [1.807, 2.05) is 13.8 Å². The summed E-state index contributed by atoms with van der Waals surface area (Å²) in [6.45, 7) is 5.63. The number of hydrogen-bond acceptors (Lipinski definition) is 3. The number of imide groups is 2. The van der Waals surface area contributed by atoms with Crippen LogP contribution < -0.4 is 5.32 Å². The Morgan fingerprint density at radius 2 is 1.79 bits per heavy atom. The molecule has 1 aliphatic heterocycles. The van der Waals surface area contributed by atoms with Gasteiger partial charge in [0.2, 0.25) is 11.8 Å². The molecule has 4 amide bonds. The minimum atomic E-state index is -0.604. The predicted molar refractivity (Wildman–Crippen MR) is 49.3 cm³/mol. The van der Waals surface area contributed by atoms with Crippen LogP contribution in [0, 0.1) is 5.92 Å². The van der Waals surface area contributed by atoms with E-state index in [2.05, 4.69) is 5.32 Å². The molecule has 78 valence electrons. The second-order valence-electron chi connectivity index (χ2n) is 3.78. The molecule has 0 saturated carbocycles. The standard InChI is InChI=1S/C9H14N2O3/c1-5(2)6(3)11-8(13)4-7(12)10-9(11)14/h5-6H,4H2,1-3H3,(H,10,12,14). The average Bonchev–Trinajstić information content (AvgIpc) is 2.01. The molecule has 1 rings (SSSR count). The van der Waals surface area contributed by atoms with Gasteiger partial charge in [0, 0.05) is 6.04 Å². The SMILES string of the molecule is CC(C)C(C)N1C(=O)CC(=O)NC1=O. The largest absolute Gasteiger partial charge is 0.331 e. The van der Waals surface area contributed by atoms with E-state index in [0.717, 1.165) is 4.90 Å². The lowest BCUT2D eigenvalue weighted by Gasteiger charge is -2.32. The van der Waals surface area contributed by atoms with Crippen LogP contribution in [0.5, 0.6) is 0 Å². The number of carbonyl (C=O) groups is 3. The van der Waals surface area contributed by atoms with Crippen molar-refractivity contribution in [2.75, 3.05) is 0 Å². The van der Waals surface area contributed by atoms with Crippen LogP contribution in [-0.2, 0) is 9.59 Å². The van der Waals surface area contributed by atoms with Crippen LogP contribution in [0.25, 0.3) is 0 Å². The smallest absolute Gasteiger partial charge is 0.277 e. The third-order valence-corrected chi connectivity index (χ3v) is 2.42. The number of barbiturate groups is 1. The molecular formula is C9H14N2O3. The molecule has 0 aromatic heterocycles. The molecule has 1 heterocycles. The Bertz CT molecular complexity index is 266. The summed E-state index contributed by atoms with van der Waals surface area (Å²) in [5.41, 5.74) is 0. The quantitative estimate of drug-likeness (QED) is 0.657. The van der Waals surface area contributed by atoms with Crippen LogP contribution in [0.15, 0.2) is 0 Å². The molecule has 1 saturated heterocycles. The molecule has 1 N–H and O–H groups in total. The van der Waals surface area contributed by atoms with Crippen molar-refractivity contribution in [3.05, 3.63) is 0 Å². The monoisotopic (exact) mass is 198 g/mol. The minimum Gasteiger partial charge on any atom is -0.277 e. The number of carbonyl (C=O) groups excluding carboxylic acids is 3. The fourth-order valence-electron chi connectivity index (χ4n) is 1.27. The molecule has 5 nitrogen and oxygen atoms in total. The van der Waals surface area contributed by atoms with Gasteiger partial charge in [-0.15, -0.1) is 0 Å². The van der Waals surface area contributed by atoms with Crippen LogP contribution in [0.3, 0.4) is 0 Å². The Morgan fingerprint density at radius 1 is 1.21 bits per heavy atom. The Hall–Kier alpha value is -1.39. The van der Waals surface area contributed by atoms with Gasteiger partial charge in [0.05, 0.1) is 0 Å². The molecule has 5 heteroatoms. The first-order chi connectivity index (χ1) is 6.43. The average molecular weight is 198 g/mol. The first-order valence-electron chi connectivity index (χ1n) is 4.59. The first-order valence-corrected chi connectivity index (χ1v) is 4.59. The normalized spacial score (nSPS) is 20.0. The molecule has 1 aliphatic rings. The Labute approximate surface area is 82.4 Å². The molecule has 0 aromatic carbocycles. The highest BCUT2D eigenvalue weighted by Gasteiger charge is 2.34. The van der Waals surface area contributed by atoms with Gasteiger partial charge in [0.15, 0.2) is 0 Å². The highest BCUT2D eigenvalue weighted by molar-refractivity contribution is 6.14. The van der Waals surface area contributed by atoms with Crippen LogP contribution in [0.4, 0.5) is 4.79 Å². The zero-order valence-corrected chi connectivity index (χ0v) is 8.53. The van der Waals surface area contributed by atoms with Gasteiger partial charge >= 0.3 is 6.03 Å². The summed E-state index contributed by atoms with van der Waals surface area (Å²) in [7, 11) is 0. The maximum Gasteiger partial charge on any atom is 0.331 e. The summed E-state index contributed by atoms with van der Waals surface area (Å²) in [4.78, 5) is 34.7. The summed E-state index contributed by atoms with van der Waals surface area (Å²) in [5.74, 6) is -0.759. The summed E-state index contributed by atoms with van der Waals surface area (Å²) >= 11 is 0. The van der Waals surface area contributed by atoms with Crippen molar-refractivity contribution in [2.24, 2.45) is 5.92 Å². The Balaban J connectivity index is 2.82. The molecule has 0 radical (unpaired) electrons. The molecule has 0 aromatic rings. The van der Waals surface area contributed by atoms with E-state index in [-0.39, 0.29) is 18.4 Å².